The van der Waals surface area contributed by atoms with E-state index in [0.29, 0.717) is 6.04 Å². The maximum atomic E-state index is 3.72. The number of hydrogen-bond donors (Lipinski definition) is 1. The molecule has 1 aliphatic carbocycles. The zero-order chi connectivity index (χ0) is 13.5. The van der Waals surface area contributed by atoms with Crippen molar-refractivity contribution in [2.24, 2.45) is 0 Å². The molecule has 0 radical (unpaired) electrons. The van der Waals surface area contributed by atoms with Crippen LogP contribution >= 0.6 is 11.3 Å². The van der Waals surface area contributed by atoms with Crippen molar-refractivity contribution in [2.75, 3.05) is 6.54 Å². The van der Waals surface area contributed by atoms with Gasteiger partial charge in [0.15, 0.2) is 0 Å². The third kappa shape index (κ3) is 3.93. The van der Waals surface area contributed by atoms with Crippen LogP contribution in [0.5, 0.6) is 0 Å². The molecule has 1 unspecified atom stereocenters. The molecule has 1 aromatic rings. The van der Waals surface area contributed by atoms with Gasteiger partial charge in [-0.05, 0) is 55.7 Å². The lowest BCUT2D eigenvalue weighted by atomic mass is 9.92. The molecular weight excluding hydrogens is 250 g/mol. The lowest BCUT2D eigenvalue weighted by molar-refractivity contribution is 0.556. The van der Waals surface area contributed by atoms with E-state index in [0.717, 1.165) is 13.0 Å². The van der Waals surface area contributed by atoms with Gasteiger partial charge in [0.1, 0.15) is 0 Å². The van der Waals surface area contributed by atoms with Crippen LogP contribution in [0.25, 0.3) is 0 Å². The molecule has 2 rings (SSSR count). The van der Waals surface area contributed by atoms with Crippen LogP contribution in [0.4, 0.5) is 0 Å². The first-order valence-electron chi connectivity index (χ1n) is 7.85. The number of nitrogens with one attached hydrogen (secondary N) is 1. The minimum Gasteiger partial charge on any atom is -0.306 e. The van der Waals surface area contributed by atoms with Crippen molar-refractivity contribution < 1.29 is 0 Å². The fourth-order valence-electron chi connectivity index (χ4n) is 2.97. The molecule has 19 heavy (non-hydrogen) atoms. The summed E-state index contributed by atoms with van der Waals surface area (Å²) in [6.45, 7) is 5.53. The van der Waals surface area contributed by atoms with E-state index in [2.05, 4.69) is 36.7 Å². The van der Waals surface area contributed by atoms with Gasteiger partial charge in [-0.1, -0.05) is 38.3 Å². The lowest BCUT2D eigenvalue weighted by Gasteiger charge is -2.23. The molecular formula is C17H27NS. The van der Waals surface area contributed by atoms with Crippen molar-refractivity contribution in [2.45, 2.75) is 64.8 Å². The zero-order valence-corrected chi connectivity index (χ0v) is 13.2. The van der Waals surface area contributed by atoms with E-state index in [4.69, 9.17) is 0 Å². The maximum absolute atomic E-state index is 3.72. The Hall–Kier alpha value is -0.600. The summed E-state index contributed by atoms with van der Waals surface area (Å²) in [5.74, 6) is 0. The Labute approximate surface area is 122 Å². The molecule has 106 valence electrons. The van der Waals surface area contributed by atoms with Gasteiger partial charge < -0.3 is 5.32 Å². The molecule has 0 bridgehead atoms. The number of allylic oxidation sites excluding steroid dienone is 1. The van der Waals surface area contributed by atoms with Crippen molar-refractivity contribution in [3.8, 4) is 0 Å². The molecule has 0 aromatic carbocycles. The van der Waals surface area contributed by atoms with Crippen LogP contribution in [0, 0.1) is 0 Å². The van der Waals surface area contributed by atoms with Crippen LogP contribution in [0.2, 0.25) is 0 Å². The molecule has 1 atom stereocenters. The molecule has 1 aliphatic rings. The quantitative estimate of drug-likeness (QED) is 0.726. The van der Waals surface area contributed by atoms with E-state index in [-0.39, 0.29) is 0 Å². The Morgan fingerprint density at radius 3 is 2.84 bits per heavy atom. The summed E-state index contributed by atoms with van der Waals surface area (Å²) in [7, 11) is 0. The number of rotatable bonds is 5. The highest BCUT2D eigenvalue weighted by Crippen LogP contribution is 2.34. The molecule has 1 aromatic heterocycles. The summed E-state index contributed by atoms with van der Waals surface area (Å²) in [6.07, 6.45) is 11.8. The number of aryl methyl sites for hydroxylation is 1. The normalized spacial score (nSPS) is 21.3. The summed E-state index contributed by atoms with van der Waals surface area (Å²) in [5, 5.41) is 5.97. The van der Waals surface area contributed by atoms with E-state index < -0.39 is 0 Å². The fourth-order valence-corrected chi connectivity index (χ4v) is 4.08. The van der Waals surface area contributed by atoms with Gasteiger partial charge >= 0.3 is 0 Å². The second-order valence-corrected chi connectivity index (χ2v) is 6.33. The van der Waals surface area contributed by atoms with Gasteiger partial charge in [-0.25, -0.2) is 0 Å². The first-order valence-corrected chi connectivity index (χ1v) is 8.73. The van der Waals surface area contributed by atoms with Crippen molar-refractivity contribution in [1.82, 2.24) is 5.32 Å². The van der Waals surface area contributed by atoms with Gasteiger partial charge in [-0.3, -0.25) is 0 Å². The monoisotopic (exact) mass is 277 g/mol. The summed E-state index contributed by atoms with van der Waals surface area (Å²) in [5.41, 5.74) is 3.16. The minimum absolute atomic E-state index is 0.470. The summed E-state index contributed by atoms with van der Waals surface area (Å²) in [6, 6.07) is 2.77. The van der Waals surface area contributed by atoms with Crippen LogP contribution in [-0.2, 0) is 6.42 Å². The van der Waals surface area contributed by atoms with E-state index >= 15 is 0 Å². The van der Waals surface area contributed by atoms with Gasteiger partial charge in [-0.2, -0.15) is 0 Å². The Bertz CT molecular complexity index is 405. The van der Waals surface area contributed by atoms with Gasteiger partial charge in [0.2, 0.25) is 0 Å². The number of likely N-dealkylation sites (N-methyl/N-ethyl adjacent to an activating group) is 1. The van der Waals surface area contributed by atoms with Crippen molar-refractivity contribution in [3.05, 3.63) is 33.5 Å². The smallest absolute Gasteiger partial charge is 0.0633 e. The van der Waals surface area contributed by atoms with Gasteiger partial charge in [0, 0.05) is 4.88 Å². The molecule has 0 aliphatic heterocycles. The molecule has 1 N–H and O–H groups in total. The van der Waals surface area contributed by atoms with Crippen LogP contribution in [-0.4, -0.2) is 6.54 Å². The summed E-state index contributed by atoms with van der Waals surface area (Å²) >= 11 is 1.92. The van der Waals surface area contributed by atoms with Gasteiger partial charge in [0.05, 0.1) is 6.04 Å². The molecule has 0 amide bonds. The van der Waals surface area contributed by atoms with Gasteiger partial charge in [0.25, 0.3) is 0 Å². The lowest BCUT2D eigenvalue weighted by Crippen LogP contribution is -2.23. The summed E-state index contributed by atoms with van der Waals surface area (Å²) in [4.78, 5) is 1.55. The molecule has 1 nitrogen and oxygen atoms in total. The second-order valence-electron chi connectivity index (χ2n) is 5.39. The highest BCUT2D eigenvalue weighted by molar-refractivity contribution is 7.10. The Balaban J connectivity index is 2.23. The van der Waals surface area contributed by atoms with E-state index in [1.54, 1.807) is 10.5 Å². The Morgan fingerprint density at radius 2 is 2.05 bits per heavy atom. The predicted molar refractivity (Wildman–Crippen MR) is 85.9 cm³/mol. The second kappa shape index (κ2) is 7.86. The third-order valence-corrected chi connectivity index (χ3v) is 5.05. The number of hydrogen-bond acceptors (Lipinski definition) is 2. The number of thiophene rings is 1. The van der Waals surface area contributed by atoms with Crippen LogP contribution < -0.4 is 5.32 Å². The van der Waals surface area contributed by atoms with E-state index in [9.17, 15) is 0 Å². The maximum Gasteiger partial charge on any atom is 0.0633 e. The molecule has 0 spiro atoms. The Morgan fingerprint density at radius 1 is 1.21 bits per heavy atom. The van der Waals surface area contributed by atoms with Crippen molar-refractivity contribution >= 4 is 11.3 Å². The third-order valence-electron chi connectivity index (χ3n) is 4.03. The SMILES string of the molecule is CCNC(/C1=C/CCCCCC1)c1sccc1CC. The zero-order valence-electron chi connectivity index (χ0n) is 12.4. The van der Waals surface area contributed by atoms with Gasteiger partial charge in [-0.15, -0.1) is 11.3 Å². The molecule has 2 heteroatoms. The van der Waals surface area contributed by atoms with Crippen molar-refractivity contribution in [1.29, 1.82) is 0 Å². The van der Waals surface area contributed by atoms with Crippen LogP contribution in [0.3, 0.4) is 0 Å². The average molecular weight is 277 g/mol. The molecule has 0 saturated carbocycles. The van der Waals surface area contributed by atoms with E-state index in [1.807, 2.05) is 11.3 Å². The topological polar surface area (TPSA) is 12.0 Å². The molecule has 1 heterocycles. The van der Waals surface area contributed by atoms with Crippen LogP contribution in [0.1, 0.15) is 68.9 Å². The summed E-state index contributed by atoms with van der Waals surface area (Å²) < 4.78 is 0. The minimum atomic E-state index is 0.470. The van der Waals surface area contributed by atoms with Crippen LogP contribution in [0.15, 0.2) is 23.1 Å². The van der Waals surface area contributed by atoms with Crippen molar-refractivity contribution in [3.63, 3.8) is 0 Å². The largest absolute Gasteiger partial charge is 0.306 e. The average Bonchev–Trinajstić information content (AvgIpc) is 2.84. The highest BCUT2D eigenvalue weighted by atomic mass is 32.1. The standard InChI is InChI=1S/C17H27NS/c1-3-14-12-13-19-17(14)16(18-4-2)15-10-8-6-5-7-9-11-15/h10,12-13,16,18H,3-9,11H2,1-2H3/b15-10+. The van der Waals surface area contributed by atoms with E-state index in [1.165, 1.54) is 44.1 Å². The first-order chi connectivity index (χ1) is 9.36. The first kappa shape index (κ1) is 14.8. The Kier molecular flexibility index (Phi) is 6.12. The fraction of sp³-hybridized carbons (Fsp3) is 0.647. The highest BCUT2D eigenvalue weighted by Gasteiger charge is 2.19. The molecule has 0 fully saturated rings. The predicted octanol–water partition coefficient (Wildman–Crippen LogP) is 5.24. The molecule has 0 saturated heterocycles.